The maximum Gasteiger partial charge on any atom is 0.140 e. The minimum Gasteiger partial charge on any atom is -0.399 e. The summed E-state index contributed by atoms with van der Waals surface area (Å²) in [6.07, 6.45) is 1.87. The second-order valence-corrected chi connectivity index (χ2v) is 5.44. The highest BCUT2D eigenvalue weighted by atomic mass is 14.9. The van der Waals surface area contributed by atoms with Gasteiger partial charge in [-0.2, -0.15) is 0 Å². The van der Waals surface area contributed by atoms with Gasteiger partial charge in [0.2, 0.25) is 0 Å². The maximum atomic E-state index is 5.93. The Hall–Kier alpha value is -3.01. The Labute approximate surface area is 128 Å². The Morgan fingerprint density at radius 2 is 1.82 bits per heavy atom. The number of benzene rings is 2. The van der Waals surface area contributed by atoms with Crippen LogP contribution in [-0.2, 0) is 0 Å². The first kappa shape index (κ1) is 12.7. The molecular formula is C18H16N4. The zero-order valence-electron chi connectivity index (χ0n) is 12.2. The molecule has 2 heterocycles. The third-order valence-electron chi connectivity index (χ3n) is 3.91. The van der Waals surface area contributed by atoms with E-state index in [4.69, 9.17) is 5.73 Å². The van der Waals surface area contributed by atoms with Crippen LogP contribution < -0.4 is 5.73 Å². The van der Waals surface area contributed by atoms with E-state index in [-0.39, 0.29) is 0 Å². The van der Waals surface area contributed by atoms with Crippen LogP contribution in [0.25, 0.3) is 33.5 Å². The summed E-state index contributed by atoms with van der Waals surface area (Å²) in [4.78, 5) is 11.4. The number of fused-ring (bicyclic) bond motifs is 1. The molecule has 0 aliphatic heterocycles. The van der Waals surface area contributed by atoms with Crippen LogP contribution in [0.2, 0.25) is 0 Å². The molecule has 4 heteroatoms. The highest BCUT2D eigenvalue weighted by Crippen LogP contribution is 2.32. The molecule has 0 saturated heterocycles. The van der Waals surface area contributed by atoms with Gasteiger partial charge < -0.3 is 15.7 Å². The molecule has 22 heavy (non-hydrogen) atoms. The lowest BCUT2D eigenvalue weighted by Gasteiger charge is -1.99. The highest BCUT2D eigenvalue weighted by Gasteiger charge is 2.14. The number of anilines is 1. The number of H-pyrrole nitrogens is 2. The number of nitrogen functional groups attached to an aromatic ring is 1. The number of nitrogens with one attached hydrogen (secondary N) is 2. The van der Waals surface area contributed by atoms with Gasteiger partial charge in [-0.3, -0.25) is 0 Å². The first-order valence-corrected chi connectivity index (χ1v) is 7.21. The summed E-state index contributed by atoms with van der Waals surface area (Å²) in [5.41, 5.74) is 12.0. The Morgan fingerprint density at radius 3 is 2.64 bits per heavy atom. The van der Waals surface area contributed by atoms with E-state index < -0.39 is 0 Å². The van der Waals surface area contributed by atoms with Crippen molar-refractivity contribution in [3.8, 4) is 22.6 Å². The molecule has 4 aromatic rings. The van der Waals surface area contributed by atoms with Crippen LogP contribution in [0.5, 0.6) is 0 Å². The first-order chi connectivity index (χ1) is 10.7. The lowest BCUT2D eigenvalue weighted by molar-refractivity contribution is 1.25. The van der Waals surface area contributed by atoms with Gasteiger partial charge in [-0.25, -0.2) is 4.98 Å². The smallest absolute Gasteiger partial charge is 0.140 e. The summed E-state index contributed by atoms with van der Waals surface area (Å²) in [5.74, 6) is 0.855. The summed E-state index contributed by atoms with van der Waals surface area (Å²) < 4.78 is 0. The number of aromatic amines is 2. The van der Waals surface area contributed by atoms with E-state index >= 15 is 0 Å². The molecule has 0 fully saturated rings. The number of aromatic nitrogens is 3. The van der Waals surface area contributed by atoms with E-state index in [2.05, 4.69) is 34.0 Å². The van der Waals surface area contributed by atoms with E-state index in [1.165, 1.54) is 0 Å². The van der Waals surface area contributed by atoms with Gasteiger partial charge in [0.15, 0.2) is 0 Å². The quantitative estimate of drug-likeness (QED) is 0.486. The van der Waals surface area contributed by atoms with E-state index in [1.807, 2.05) is 42.6 Å². The third-order valence-corrected chi connectivity index (χ3v) is 3.91. The zero-order valence-corrected chi connectivity index (χ0v) is 12.2. The molecule has 2 aromatic carbocycles. The molecule has 0 unspecified atom stereocenters. The van der Waals surface area contributed by atoms with Crippen molar-refractivity contribution in [1.82, 2.24) is 15.0 Å². The molecule has 0 spiro atoms. The highest BCUT2D eigenvalue weighted by molar-refractivity contribution is 5.97. The fourth-order valence-electron chi connectivity index (χ4n) is 2.86. The van der Waals surface area contributed by atoms with Gasteiger partial charge >= 0.3 is 0 Å². The van der Waals surface area contributed by atoms with Crippen LogP contribution in [0.1, 0.15) is 5.69 Å². The topological polar surface area (TPSA) is 70.5 Å². The largest absolute Gasteiger partial charge is 0.399 e. The van der Waals surface area contributed by atoms with Crippen LogP contribution in [0, 0.1) is 6.92 Å². The Kier molecular flexibility index (Phi) is 2.76. The standard InChI is InChI=1S/C18H16N4/c1-11-17(14-9-13(19)7-8-15(14)21-11)18-20-10-16(22-18)12-5-3-2-4-6-12/h2-10,21H,19H2,1H3,(H,20,22). The normalized spacial score (nSPS) is 11.1. The molecule has 0 radical (unpaired) electrons. The lowest BCUT2D eigenvalue weighted by atomic mass is 10.1. The van der Waals surface area contributed by atoms with E-state index in [9.17, 15) is 0 Å². The summed E-state index contributed by atoms with van der Waals surface area (Å²) in [7, 11) is 0. The van der Waals surface area contributed by atoms with Crippen LogP contribution in [-0.4, -0.2) is 15.0 Å². The minimum absolute atomic E-state index is 0.752. The molecule has 2 aromatic heterocycles. The van der Waals surface area contributed by atoms with Gasteiger partial charge in [0.25, 0.3) is 0 Å². The Bertz CT molecular complexity index is 948. The second kappa shape index (κ2) is 4.77. The van der Waals surface area contributed by atoms with Crippen molar-refractivity contribution in [2.45, 2.75) is 6.92 Å². The van der Waals surface area contributed by atoms with E-state index in [0.717, 1.165) is 44.9 Å². The molecule has 4 N–H and O–H groups in total. The van der Waals surface area contributed by atoms with Crippen LogP contribution >= 0.6 is 0 Å². The Balaban J connectivity index is 1.88. The van der Waals surface area contributed by atoms with Gasteiger partial charge in [-0.1, -0.05) is 30.3 Å². The summed E-state index contributed by atoms with van der Waals surface area (Å²) in [6, 6.07) is 16.1. The summed E-state index contributed by atoms with van der Waals surface area (Å²) in [5, 5.41) is 1.09. The molecule has 0 aliphatic rings. The molecular weight excluding hydrogens is 272 g/mol. The molecule has 0 bridgehead atoms. The van der Waals surface area contributed by atoms with Gasteiger partial charge in [-0.05, 0) is 30.7 Å². The van der Waals surface area contributed by atoms with Crippen molar-refractivity contribution < 1.29 is 0 Å². The monoisotopic (exact) mass is 288 g/mol. The van der Waals surface area contributed by atoms with Crippen LogP contribution in [0.15, 0.2) is 54.7 Å². The minimum atomic E-state index is 0.752. The fraction of sp³-hybridized carbons (Fsp3) is 0.0556. The van der Waals surface area contributed by atoms with E-state index in [1.54, 1.807) is 0 Å². The maximum absolute atomic E-state index is 5.93. The number of hydrogen-bond donors (Lipinski definition) is 3. The van der Waals surface area contributed by atoms with Crippen LogP contribution in [0.3, 0.4) is 0 Å². The van der Waals surface area contributed by atoms with Crippen LogP contribution in [0.4, 0.5) is 5.69 Å². The first-order valence-electron chi connectivity index (χ1n) is 7.21. The molecule has 0 saturated carbocycles. The average Bonchev–Trinajstić information content (AvgIpc) is 3.11. The van der Waals surface area contributed by atoms with Gasteiger partial charge in [-0.15, -0.1) is 0 Å². The third kappa shape index (κ3) is 1.97. The summed E-state index contributed by atoms with van der Waals surface area (Å²) >= 11 is 0. The molecule has 4 nitrogen and oxygen atoms in total. The van der Waals surface area contributed by atoms with Crippen molar-refractivity contribution in [3.63, 3.8) is 0 Å². The predicted octanol–water partition coefficient (Wildman–Crippen LogP) is 4.12. The van der Waals surface area contributed by atoms with Gasteiger partial charge in [0.05, 0.1) is 11.9 Å². The number of nitrogens with two attached hydrogens (primary N) is 1. The predicted molar refractivity (Wildman–Crippen MR) is 90.5 cm³/mol. The van der Waals surface area contributed by atoms with Crippen molar-refractivity contribution in [2.24, 2.45) is 0 Å². The van der Waals surface area contributed by atoms with Crippen molar-refractivity contribution in [2.75, 3.05) is 5.73 Å². The van der Waals surface area contributed by atoms with Crippen molar-refractivity contribution in [3.05, 3.63) is 60.4 Å². The molecule has 0 aliphatic carbocycles. The van der Waals surface area contributed by atoms with Gasteiger partial charge in [0, 0.05) is 27.8 Å². The molecule has 0 amide bonds. The number of rotatable bonds is 2. The lowest BCUT2D eigenvalue weighted by Crippen LogP contribution is -1.85. The molecule has 108 valence electrons. The Morgan fingerprint density at radius 1 is 1.00 bits per heavy atom. The fourth-order valence-corrected chi connectivity index (χ4v) is 2.86. The number of imidazole rings is 1. The molecule has 4 rings (SSSR count). The van der Waals surface area contributed by atoms with Crippen molar-refractivity contribution in [1.29, 1.82) is 0 Å². The average molecular weight is 288 g/mol. The SMILES string of the molecule is Cc1[nH]c2ccc(N)cc2c1-c1ncc(-c2ccccc2)[nH]1. The molecule has 0 atom stereocenters. The zero-order chi connectivity index (χ0) is 15.1. The number of hydrogen-bond acceptors (Lipinski definition) is 2. The number of nitrogens with zero attached hydrogens (tertiary/aromatic N) is 1. The van der Waals surface area contributed by atoms with E-state index in [0.29, 0.717) is 0 Å². The second-order valence-electron chi connectivity index (χ2n) is 5.44. The summed E-state index contributed by atoms with van der Waals surface area (Å²) in [6.45, 7) is 2.05. The van der Waals surface area contributed by atoms with Gasteiger partial charge in [0.1, 0.15) is 5.82 Å². The number of aryl methyl sites for hydroxylation is 1. The van der Waals surface area contributed by atoms with Crippen molar-refractivity contribution >= 4 is 16.6 Å².